The van der Waals surface area contributed by atoms with Crippen LogP contribution in [0.3, 0.4) is 0 Å². The van der Waals surface area contributed by atoms with Crippen LogP contribution < -0.4 is 5.32 Å². The standard InChI is InChI=1S/C12H19NO2/c1-3-6-13-8-9(2)10-4-5-11(14)12(15)7-10/h4-5,7,9,13-15H,3,6,8H2,1-2H3/t9-/m1/s1. The topological polar surface area (TPSA) is 52.5 Å². The van der Waals surface area contributed by atoms with Crippen molar-refractivity contribution in [3.63, 3.8) is 0 Å². The maximum Gasteiger partial charge on any atom is 0.157 e. The summed E-state index contributed by atoms with van der Waals surface area (Å²) in [5.74, 6) is 0.227. The zero-order valence-electron chi connectivity index (χ0n) is 9.33. The number of nitrogens with one attached hydrogen (secondary N) is 1. The van der Waals surface area contributed by atoms with Crippen molar-refractivity contribution in [2.24, 2.45) is 0 Å². The van der Waals surface area contributed by atoms with E-state index in [1.165, 1.54) is 6.07 Å². The third-order valence-electron chi connectivity index (χ3n) is 2.45. The van der Waals surface area contributed by atoms with Gasteiger partial charge in [-0.3, -0.25) is 0 Å². The predicted octanol–water partition coefficient (Wildman–Crippen LogP) is 2.20. The van der Waals surface area contributed by atoms with E-state index in [1.807, 2.05) is 6.07 Å². The number of hydrogen-bond acceptors (Lipinski definition) is 3. The van der Waals surface area contributed by atoms with Crippen molar-refractivity contribution in [3.05, 3.63) is 23.8 Å². The van der Waals surface area contributed by atoms with Crippen molar-refractivity contribution in [2.75, 3.05) is 13.1 Å². The zero-order valence-corrected chi connectivity index (χ0v) is 9.33. The molecule has 0 amide bonds. The number of benzene rings is 1. The summed E-state index contributed by atoms with van der Waals surface area (Å²) in [6.45, 7) is 6.12. The Balaban J connectivity index is 2.57. The minimum absolute atomic E-state index is 0.0464. The highest BCUT2D eigenvalue weighted by Crippen LogP contribution is 2.28. The summed E-state index contributed by atoms with van der Waals surface area (Å²) in [6.07, 6.45) is 1.12. The van der Waals surface area contributed by atoms with E-state index < -0.39 is 0 Å². The first-order chi connectivity index (χ1) is 7.15. The van der Waals surface area contributed by atoms with Gasteiger partial charge in [0.2, 0.25) is 0 Å². The van der Waals surface area contributed by atoms with Crippen molar-refractivity contribution < 1.29 is 10.2 Å². The summed E-state index contributed by atoms with van der Waals surface area (Å²) >= 11 is 0. The molecular weight excluding hydrogens is 190 g/mol. The van der Waals surface area contributed by atoms with Gasteiger partial charge in [0, 0.05) is 6.54 Å². The molecule has 0 bridgehead atoms. The van der Waals surface area contributed by atoms with Crippen LogP contribution in [0.15, 0.2) is 18.2 Å². The summed E-state index contributed by atoms with van der Waals surface area (Å²) in [7, 11) is 0. The van der Waals surface area contributed by atoms with E-state index in [9.17, 15) is 10.2 Å². The molecule has 1 aromatic carbocycles. The quantitative estimate of drug-likeness (QED) is 0.514. The molecule has 0 heterocycles. The Morgan fingerprint density at radius 3 is 2.60 bits per heavy atom. The van der Waals surface area contributed by atoms with Gasteiger partial charge in [-0.15, -0.1) is 0 Å². The monoisotopic (exact) mass is 209 g/mol. The van der Waals surface area contributed by atoms with E-state index in [1.54, 1.807) is 6.07 Å². The Kier molecular flexibility index (Phi) is 4.43. The minimum Gasteiger partial charge on any atom is -0.504 e. The fourth-order valence-corrected chi connectivity index (χ4v) is 1.46. The molecule has 1 atom stereocenters. The highest BCUT2D eigenvalue weighted by molar-refractivity contribution is 5.41. The second-order valence-corrected chi connectivity index (χ2v) is 3.85. The Hall–Kier alpha value is -1.22. The molecule has 1 aromatic rings. The van der Waals surface area contributed by atoms with Crippen LogP contribution in [0.4, 0.5) is 0 Å². The molecule has 0 aliphatic heterocycles. The number of rotatable bonds is 5. The van der Waals surface area contributed by atoms with Crippen LogP contribution in [-0.4, -0.2) is 23.3 Å². The lowest BCUT2D eigenvalue weighted by molar-refractivity contribution is 0.402. The smallest absolute Gasteiger partial charge is 0.157 e. The third kappa shape index (κ3) is 3.44. The average molecular weight is 209 g/mol. The van der Waals surface area contributed by atoms with E-state index >= 15 is 0 Å². The van der Waals surface area contributed by atoms with Crippen LogP contribution >= 0.6 is 0 Å². The fraction of sp³-hybridized carbons (Fsp3) is 0.500. The molecule has 0 spiro atoms. The largest absolute Gasteiger partial charge is 0.504 e. The highest BCUT2D eigenvalue weighted by Gasteiger charge is 2.07. The molecule has 15 heavy (non-hydrogen) atoms. The highest BCUT2D eigenvalue weighted by atomic mass is 16.3. The molecule has 0 unspecified atom stereocenters. The molecule has 84 valence electrons. The Morgan fingerprint density at radius 2 is 2.00 bits per heavy atom. The van der Waals surface area contributed by atoms with E-state index in [0.717, 1.165) is 25.1 Å². The molecule has 0 aliphatic carbocycles. The third-order valence-corrected chi connectivity index (χ3v) is 2.45. The van der Waals surface area contributed by atoms with Crippen molar-refractivity contribution in [1.29, 1.82) is 0 Å². The molecule has 0 fully saturated rings. The molecule has 3 N–H and O–H groups in total. The van der Waals surface area contributed by atoms with Crippen molar-refractivity contribution in [3.8, 4) is 11.5 Å². The van der Waals surface area contributed by atoms with Gasteiger partial charge in [-0.2, -0.15) is 0 Å². The van der Waals surface area contributed by atoms with Crippen LogP contribution in [0.5, 0.6) is 11.5 Å². The second kappa shape index (κ2) is 5.61. The molecule has 3 nitrogen and oxygen atoms in total. The van der Waals surface area contributed by atoms with E-state index in [0.29, 0.717) is 5.92 Å². The second-order valence-electron chi connectivity index (χ2n) is 3.85. The van der Waals surface area contributed by atoms with Gasteiger partial charge in [0.25, 0.3) is 0 Å². The lowest BCUT2D eigenvalue weighted by Gasteiger charge is -2.13. The van der Waals surface area contributed by atoms with Gasteiger partial charge in [0.15, 0.2) is 11.5 Å². The van der Waals surface area contributed by atoms with Gasteiger partial charge in [0.05, 0.1) is 0 Å². The summed E-state index contributed by atoms with van der Waals surface area (Å²) in [4.78, 5) is 0. The number of aromatic hydroxyl groups is 2. The zero-order chi connectivity index (χ0) is 11.3. The first-order valence-corrected chi connectivity index (χ1v) is 5.37. The van der Waals surface area contributed by atoms with Gasteiger partial charge in [0.1, 0.15) is 0 Å². The van der Waals surface area contributed by atoms with E-state index in [2.05, 4.69) is 19.2 Å². The molecule has 0 saturated heterocycles. The van der Waals surface area contributed by atoms with E-state index in [-0.39, 0.29) is 11.5 Å². The number of phenols is 2. The average Bonchev–Trinajstić information content (AvgIpc) is 2.22. The summed E-state index contributed by atoms with van der Waals surface area (Å²) in [5, 5.41) is 21.8. The van der Waals surface area contributed by atoms with Crippen LogP contribution in [-0.2, 0) is 0 Å². The normalized spacial score (nSPS) is 12.7. The Morgan fingerprint density at radius 1 is 1.27 bits per heavy atom. The van der Waals surface area contributed by atoms with Crippen LogP contribution in [0, 0.1) is 0 Å². The SMILES string of the molecule is CCCNC[C@@H](C)c1ccc(O)c(O)c1. The maximum atomic E-state index is 9.35. The molecule has 0 aliphatic rings. The van der Waals surface area contributed by atoms with Gasteiger partial charge in [-0.1, -0.05) is 19.9 Å². The molecule has 3 heteroatoms. The molecule has 0 radical (unpaired) electrons. The first-order valence-electron chi connectivity index (χ1n) is 5.37. The molecule has 0 saturated carbocycles. The molecule has 0 aromatic heterocycles. The minimum atomic E-state index is -0.0625. The van der Waals surface area contributed by atoms with Crippen LogP contribution in [0.2, 0.25) is 0 Å². The molecule has 1 rings (SSSR count). The lowest BCUT2D eigenvalue weighted by Crippen LogP contribution is -2.20. The first kappa shape index (κ1) is 11.9. The number of phenolic OH excluding ortho intramolecular Hbond substituents is 2. The summed E-state index contributed by atoms with van der Waals surface area (Å²) in [5.41, 5.74) is 1.04. The fourth-order valence-electron chi connectivity index (χ4n) is 1.46. The maximum absolute atomic E-state index is 9.35. The van der Waals surface area contributed by atoms with Crippen molar-refractivity contribution >= 4 is 0 Å². The Labute approximate surface area is 90.8 Å². The Bertz CT molecular complexity index is 312. The summed E-state index contributed by atoms with van der Waals surface area (Å²) in [6, 6.07) is 4.99. The van der Waals surface area contributed by atoms with Crippen molar-refractivity contribution in [2.45, 2.75) is 26.2 Å². The predicted molar refractivity (Wildman–Crippen MR) is 61.3 cm³/mol. The summed E-state index contributed by atoms with van der Waals surface area (Å²) < 4.78 is 0. The number of hydrogen-bond donors (Lipinski definition) is 3. The molecular formula is C12H19NO2. The lowest BCUT2D eigenvalue weighted by atomic mass is 10.0. The van der Waals surface area contributed by atoms with Crippen LogP contribution in [0.1, 0.15) is 31.7 Å². The van der Waals surface area contributed by atoms with Crippen molar-refractivity contribution in [1.82, 2.24) is 5.32 Å². The van der Waals surface area contributed by atoms with E-state index in [4.69, 9.17) is 0 Å². The van der Waals surface area contributed by atoms with Crippen LogP contribution in [0.25, 0.3) is 0 Å². The van der Waals surface area contributed by atoms with Gasteiger partial charge >= 0.3 is 0 Å². The van der Waals surface area contributed by atoms with Gasteiger partial charge < -0.3 is 15.5 Å². The van der Waals surface area contributed by atoms with Gasteiger partial charge in [-0.05, 0) is 36.6 Å². The van der Waals surface area contributed by atoms with Gasteiger partial charge in [-0.25, -0.2) is 0 Å².